The van der Waals surface area contributed by atoms with Crippen molar-refractivity contribution in [2.45, 2.75) is 6.92 Å². The normalized spacial score (nSPS) is 11.4. The van der Waals surface area contributed by atoms with Gasteiger partial charge in [0.1, 0.15) is 5.65 Å². The van der Waals surface area contributed by atoms with Crippen molar-refractivity contribution in [3.8, 4) is 11.1 Å². The molecule has 0 aliphatic heterocycles. The molecule has 0 radical (unpaired) electrons. The highest BCUT2D eigenvalue weighted by molar-refractivity contribution is 5.80. The van der Waals surface area contributed by atoms with Gasteiger partial charge in [0, 0.05) is 35.4 Å². The molecule has 4 aromatic rings. The zero-order valence-electron chi connectivity index (χ0n) is 10.9. The number of hydrogen-bond donors (Lipinski definition) is 1. The van der Waals surface area contributed by atoms with E-state index in [2.05, 4.69) is 25.7 Å². The number of aryl methyl sites for hydroxylation is 1. The summed E-state index contributed by atoms with van der Waals surface area (Å²) in [5.41, 5.74) is 10.7. The highest BCUT2D eigenvalue weighted by Crippen LogP contribution is 2.25. The minimum atomic E-state index is 0.264. The lowest BCUT2D eigenvalue weighted by Gasteiger charge is -2.03. The van der Waals surface area contributed by atoms with Gasteiger partial charge in [-0.15, -0.1) is 5.10 Å². The summed E-state index contributed by atoms with van der Waals surface area (Å²) in [6, 6.07) is 6.06. The Bertz CT molecular complexity index is 933. The molecule has 0 atom stereocenters. The summed E-state index contributed by atoms with van der Waals surface area (Å²) in [7, 11) is 0. The molecule has 4 heterocycles. The summed E-state index contributed by atoms with van der Waals surface area (Å²) in [5.74, 6) is 0.264. The van der Waals surface area contributed by atoms with Gasteiger partial charge in [-0.1, -0.05) is 0 Å². The molecule has 0 aliphatic rings. The van der Waals surface area contributed by atoms with Crippen molar-refractivity contribution in [1.82, 2.24) is 24.0 Å². The van der Waals surface area contributed by atoms with Crippen molar-refractivity contribution in [1.29, 1.82) is 0 Å². The summed E-state index contributed by atoms with van der Waals surface area (Å²) in [5, 5.41) is 4.16. The van der Waals surface area contributed by atoms with Gasteiger partial charge >= 0.3 is 0 Å². The third kappa shape index (κ3) is 1.48. The molecule has 0 aliphatic carbocycles. The van der Waals surface area contributed by atoms with Crippen LogP contribution in [0.3, 0.4) is 0 Å². The smallest absolute Gasteiger partial charge is 0.238 e. The second kappa shape index (κ2) is 3.80. The van der Waals surface area contributed by atoms with Crippen LogP contribution in [0.4, 0.5) is 5.95 Å². The lowest BCUT2D eigenvalue weighted by Crippen LogP contribution is -1.99. The Labute approximate surface area is 114 Å². The van der Waals surface area contributed by atoms with E-state index in [0.29, 0.717) is 0 Å². The SMILES string of the molecule is Cc1cnc2ccc(-c3ccn4nc(N)ncc34)cn12. The van der Waals surface area contributed by atoms with E-state index in [1.807, 2.05) is 37.5 Å². The highest BCUT2D eigenvalue weighted by atomic mass is 15.3. The molecule has 0 amide bonds. The van der Waals surface area contributed by atoms with Gasteiger partial charge in [0.2, 0.25) is 5.95 Å². The van der Waals surface area contributed by atoms with Crippen molar-refractivity contribution in [2.24, 2.45) is 0 Å². The van der Waals surface area contributed by atoms with Gasteiger partial charge in [0.25, 0.3) is 0 Å². The predicted molar refractivity (Wildman–Crippen MR) is 76.3 cm³/mol. The van der Waals surface area contributed by atoms with Gasteiger partial charge in [-0.2, -0.15) is 0 Å². The van der Waals surface area contributed by atoms with Crippen molar-refractivity contribution >= 4 is 17.1 Å². The molecule has 0 unspecified atom stereocenters. The summed E-state index contributed by atoms with van der Waals surface area (Å²) >= 11 is 0. The van der Waals surface area contributed by atoms with E-state index in [4.69, 9.17) is 5.73 Å². The number of rotatable bonds is 1. The van der Waals surface area contributed by atoms with Crippen LogP contribution in [0.25, 0.3) is 22.3 Å². The second-order valence-electron chi connectivity index (χ2n) is 4.72. The third-order valence-electron chi connectivity index (χ3n) is 3.44. The van der Waals surface area contributed by atoms with Crippen LogP contribution in [0.1, 0.15) is 5.69 Å². The molecule has 0 saturated heterocycles. The minimum Gasteiger partial charge on any atom is -0.367 e. The largest absolute Gasteiger partial charge is 0.367 e. The fourth-order valence-corrected chi connectivity index (χ4v) is 2.42. The first-order valence-electron chi connectivity index (χ1n) is 6.26. The average molecular weight is 264 g/mol. The van der Waals surface area contributed by atoms with Crippen LogP contribution < -0.4 is 5.73 Å². The number of hydrogen-bond acceptors (Lipinski definition) is 4. The molecule has 4 rings (SSSR count). The molecular formula is C14H12N6. The lowest BCUT2D eigenvalue weighted by atomic mass is 10.1. The molecule has 4 aromatic heterocycles. The van der Waals surface area contributed by atoms with Crippen LogP contribution in [-0.2, 0) is 0 Å². The number of nitrogens with two attached hydrogens (primary N) is 1. The Morgan fingerprint density at radius 2 is 2.00 bits per heavy atom. The predicted octanol–water partition coefficient (Wildman–Crippen LogP) is 1.93. The maximum Gasteiger partial charge on any atom is 0.238 e. The lowest BCUT2D eigenvalue weighted by molar-refractivity contribution is 0.918. The maximum atomic E-state index is 5.60. The molecular weight excluding hydrogens is 252 g/mol. The Morgan fingerprint density at radius 3 is 2.90 bits per heavy atom. The van der Waals surface area contributed by atoms with Crippen molar-refractivity contribution in [3.63, 3.8) is 0 Å². The van der Waals surface area contributed by atoms with E-state index in [1.54, 1.807) is 10.7 Å². The van der Waals surface area contributed by atoms with Crippen molar-refractivity contribution in [3.05, 3.63) is 48.7 Å². The zero-order valence-corrected chi connectivity index (χ0v) is 10.9. The van der Waals surface area contributed by atoms with E-state index in [0.717, 1.165) is 28.0 Å². The summed E-state index contributed by atoms with van der Waals surface area (Å²) in [4.78, 5) is 8.39. The Kier molecular flexibility index (Phi) is 2.09. The van der Waals surface area contributed by atoms with Gasteiger partial charge in [0.05, 0.1) is 11.7 Å². The second-order valence-corrected chi connectivity index (χ2v) is 4.72. The summed E-state index contributed by atoms with van der Waals surface area (Å²) < 4.78 is 3.81. The van der Waals surface area contributed by atoms with Gasteiger partial charge in [0.15, 0.2) is 0 Å². The number of pyridine rings is 1. The molecule has 0 fully saturated rings. The Balaban J connectivity index is 1.98. The quantitative estimate of drug-likeness (QED) is 0.570. The molecule has 0 aromatic carbocycles. The zero-order chi connectivity index (χ0) is 13.7. The highest BCUT2D eigenvalue weighted by Gasteiger charge is 2.08. The van der Waals surface area contributed by atoms with Gasteiger partial charge in [-0.25, -0.2) is 14.5 Å². The molecule has 0 spiro atoms. The standard InChI is InChI=1S/C14H12N6/c1-9-6-16-13-3-2-10(8-19(9)13)11-4-5-20-12(11)7-17-14(15)18-20/h2-8H,1H3,(H2,15,18). The Hall–Kier alpha value is -2.89. The monoisotopic (exact) mass is 264 g/mol. The number of anilines is 1. The number of imidazole rings is 1. The number of fused-ring (bicyclic) bond motifs is 2. The van der Waals surface area contributed by atoms with Crippen LogP contribution in [-0.4, -0.2) is 24.0 Å². The number of nitrogens with zero attached hydrogens (tertiary/aromatic N) is 5. The fraction of sp³-hybridized carbons (Fsp3) is 0.0714. The number of nitrogen functional groups attached to an aromatic ring is 1. The molecule has 6 heteroatoms. The van der Waals surface area contributed by atoms with Crippen LogP contribution in [0, 0.1) is 6.92 Å². The molecule has 98 valence electrons. The summed E-state index contributed by atoms with van der Waals surface area (Å²) in [6.45, 7) is 2.03. The third-order valence-corrected chi connectivity index (χ3v) is 3.44. The molecule has 0 bridgehead atoms. The first-order valence-corrected chi connectivity index (χ1v) is 6.26. The van der Waals surface area contributed by atoms with E-state index in [-0.39, 0.29) is 5.95 Å². The van der Waals surface area contributed by atoms with Gasteiger partial charge in [-0.05, 0) is 25.1 Å². The van der Waals surface area contributed by atoms with Crippen LogP contribution in [0.5, 0.6) is 0 Å². The molecule has 2 N–H and O–H groups in total. The van der Waals surface area contributed by atoms with Crippen molar-refractivity contribution < 1.29 is 0 Å². The van der Waals surface area contributed by atoms with Crippen molar-refractivity contribution in [2.75, 3.05) is 5.73 Å². The molecule has 6 nitrogen and oxygen atoms in total. The van der Waals surface area contributed by atoms with E-state index >= 15 is 0 Å². The molecule has 20 heavy (non-hydrogen) atoms. The van der Waals surface area contributed by atoms with Crippen LogP contribution in [0.15, 0.2) is 43.0 Å². The number of aromatic nitrogens is 5. The van der Waals surface area contributed by atoms with Crippen LogP contribution >= 0.6 is 0 Å². The Morgan fingerprint density at radius 1 is 1.10 bits per heavy atom. The minimum absolute atomic E-state index is 0.264. The first-order chi connectivity index (χ1) is 9.72. The molecule has 0 saturated carbocycles. The fourth-order valence-electron chi connectivity index (χ4n) is 2.42. The van der Waals surface area contributed by atoms with Gasteiger partial charge in [-0.3, -0.25) is 0 Å². The van der Waals surface area contributed by atoms with Gasteiger partial charge < -0.3 is 10.1 Å². The van der Waals surface area contributed by atoms with E-state index < -0.39 is 0 Å². The maximum absolute atomic E-state index is 5.60. The topological polar surface area (TPSA) is 73.5 Å². The summed E-state index contributed by atoms with van der Waals surface area (Å²) in [6.07, 6.45) is 7.56. The first kappa shape index (κ1) is 11.0. The van der Waals surface area contributed by atoms with Crippen LogP contribution in [0.2, 0.25) is 0 Å². The average Bonchev–Trinajstić information content (AvgIpc) is 3.02. The van der Waals surface area contributed by atoms with E-state index in [9.17, 15) is 0 Å². The van der Waals surface area contributed by atoms with E-state index in [1.165, 1.54) is 0 Å².